The second-order valence-electron chi connectivity index (χ2n) is 4.01. The Hall–Kier alpha value is -1.55. The minimum absolute atomic E-state index is 0.274. The molecule has 1 aliphatic rings. The Kier molecular flexibility index (Phi) is 1.94. The summed E-state index contributed by atoms with van der Waals surface area (Å²) < 4.78 is 1.64. The number of aromatic nitrogens is 2. The van der Waals surface area contributed by atoms with Gasteiger partial charge in [-0.3, -0.25) is 0 Å². The van der Waals surface area contributed by atoms with Gasteiger partial charge in [-0.15, -0.1) is 0 Å². The molecular weight excluding hydrogens is 228 g/mol. The van der Waals surface area contributed by atoms with Crippen molar-refractivity contribution in [1.82, 2.24) is 9.61 Å². The van der Waals surface area contributed by atoms with Crippen LogP contribution in [0.5, 0.6) is 0 Å². The summed E-state index contributed by atoms with van der Waals surface area (Å²) in [5, 5.41) is 13.8. The van der Waals surface area contributed by atoms with Crippen molar-refractivity contribution < 1.29 is 9.90 Å². The average molecular weight is 237 g/mol. The number of rotatable bonds is 2. The van der Waals surface area contributed by atoms with Gasteiger partial charge in [-0.05, 0) is 30.4 Å². The molecule has 2 heterocycles. The van der Waals surface area contributed by atoms with Crippen LogP contribution >= 0.6 is 11.6 Å². The Morgan fingerprint density at radius 1 is 1.56 bits per heavy atom. The summed E-state index contributed by atoms with van der Waals surface area (Å²) in [4.78, 5) is 11.1. The van der Waals surface area contributed by atoms with Gasteiger partial charge in [0.2, 0.25) is 0 Å². The molecule has 1 saturated carbocycles. The van der Waals surface area contributed by atoms with Crippen LogP contribution in [0.1, 0.15) is 34.7 Å². The monoisotopic (exact) mass is 236 g/mol. The number of carboxylic acid groups (broad SMARTS) is 1. The normalized spacial score (nSPS) is 15.6. The zero-order chi connectivity index (χ0) is 11.3. The molecule has 0 amide bonds. The van der Waals surface area contributed by atoms with E-state index in [4.69, 9.17) is 16.7 Å². The number of aromatic carboxylic acids is 1. The smallest absolute Gasteiger partial charge is 0.337 e. The zero-order valence-electron chi connectivity index (χ0n) is 8.35. The maximum atomic E-state index is 11.1. The van der Waals surface area contributed by atoms with Crippen LogP contribution in [-0.2, 0) is 0 Å². The van der Waals surface area contributed by atoms with Gasteiger partial charge >= 0.3 is 5.97 Å². The SMILES string of the molecule is O=C(O)c1cnn2ccc(Cl)c2c1C1CC1. The topological polar surface area (TPSA) is 54.6 Å². The Morgan fingerprint density at radius 2 is 2.31 bits per heavy atom. The molecule has 0 aliphatic heterocycles. The van der Waals surface area contributed by atoms with Gasteiger partial charge in [-0.1, -0.05) is 11.6 Å². The molecule has 0 atom stereocenters. The molecule has 2 aromatic rings. The van der Waals surface area contributed by atoms with Gasteiger partial charge in [-0.2, -0.15) is 5.10 Å². The second-order valence-corrected chi connectivity index (χ2v) is 4.42. The fraction of sp³-hybridized carbons (Fsp3) is 0.273. The summed E-state index contributed by atoms with van der Waals surface area (Å²) in [7, 11) is 0. The summed E-state index contributed by atoms with van der Waals surface area (Å²) in [6.45, 7) is 0. The third kappa shape index (κ3) is 1.30. The third-order valence-corrected chi connectivity index (χ3v) is 3.19. The number of carboxylic acids is 1. The van der Waals surface area contributed by atoms with Gasteiger partial charge in [0, 0.05) is 6.20 Å². The van der Waals surface area contributed by atoms with Crippen LogP contribution in [0.3, 0.4) is 0 Å². The molecule has 82 valence electrons. The standard InChI is InChI=1S/C11H9ClN2O2/c12-8-3-4-14-10(8)9(6-1-2-6)7(5-13-14)11(15)16/h3-6H,1-2H2,(H,15,16). The van der Waals surface area contributed by atoms with Crippen LogP contribution < -0.4 is 0 Å². The number of hydrogen-bond acceptors (Lipinski definition) is 2. The minimum Gasteiger partial charge on any atom is -0.478 e. The highest BCUT2D eigenvalue weighted by atomic mass is 35.5. The summed E-state index contributed by atoms with van der Waals surface area (Å²) in [6.07, 6.45) is 5.21. The van der Waals surface area contributed by atoms with Crippen molar-refractivity contribution in [2.24, 2.45) is 0 Å². The molecule has 0 spiro atoms. The van der Waals surface area contributed by atoms with Crippen LogP contribution in [0.25, 0.3) is 5.52 Å². The van der Waals surface area contributed by atoms with E-state index in [1.807, 2.05) is 0 Å². The predicted octanol–water partition coefficient (Wildman–Crippen LogP) is 2.56. The van der Waals surface area contributed by atoms with Gasteiger partial charge < -0.3 is 5.11 Å². The van der Waals surface area contributed by atoms with Crippen molar-refractivity contribution in [3.8, 4) is 0 Å². The first-order valence-electron chi connectivity index (χ1n) is 5.07. The van der Waals surface area contributed by atoms with Crippen molar-refractivity contribution in [3.63, 3.8) is 0 Å². The molecule has 0 unspecified atom stereocenters. The zero-order valence-corrected chi connectivity index (χ0v) is 9.11. The van der Waals surface area contributed by atoms with Crippen LogP contribution in [0.15, 0.2) is 18.5 Å². The Morgan fingerprint density at radius 3 is 2.94 bits per heavy atom. The lowest BCUT2D eigenvalue weighted by molar-refractivity contribution is 0.0695. The van der Waals surface area contributed by atoms with Crippen LogP contribution in [-0.4, -0.2) is 20.7 Å². The van der Waals surface area contributed by atoms with Gasteiger partial charge in [0.25, 0.3) is 0 Å². The number of halogens is 1. The predicted molar refractivity (Wildman–Crippen MR) is 59.1 cm³/mol. The molecule has 2 aromatic heterocycles. The summed E-state index contributed by atoms with van der Waals surface area (Å²) in [6, 6.07) is 1.74. The molecule has 3 rings (SSSR count). The van der Waals surface area contributed by atoms with Crippen molar-refractivity contribution in [2.75, 3.05) is 0 Å². The van der Waals surface area contributed by atoms with Crippen LogP contribution in [0.4, 0.5) is 0 Å². The van der Waals surface area contributed by atoms with E-state index in [9.17, 15) is 4.79 Å². The second kappa shape index (κ2) is 3.22. The lowest BCUT2D eigenvalue weighted by Crippen LogP contribution is -2.06. The summed E-state index contributed by atoms with van der Waals surface area (Å²) in [5.74, 6) is -0.613. The first-order valence-corrected chi connectivity index (χ1v) is 5.45. The molecule has 5 heteroatoms. The molecule has 4 nitrogen and oxygen atoms in total. The number of nitrogens with zero attached hydrogens (tertiary/aromatic N) is 2. The molecule has 0 bridgehead atoms. The molecule has 0 aromatic carbocycles. The van der Waals surface area contributed by atoms with Crippen LogP contribution in [0, 0.1) is 0 Å². The van der Waals surface area contributed by atoms with E-state index in [1.54, 1.807) is 16.8 Å². The quantitative estimate of drug-likeness (QED) is 0.872. The fourth-order valence-electron chi connectivity index (χ4n) is 2.02. The number of hydrogen-bond donors (Lipinski definition) is 1. The van der Waals surface area contributed by atoms with E-state index >= 15 is 0 Å². The number of carbonyl (C=O) groups is 1. The summed E-state index contributed by atoms with van der Waals surface area (Å²) >= 11 is 6.07. The van der Waals surface area contributed by atoms with Crippen molar-refractivity contribution >= 4 is 23.1 Å². The van der Waals surface area contributed by atoms with E-state index in [-0.39, 0.29) is 5.56 Å². The van der Waals surface area contributed by atoms with Crippen molar-refractivity contribution in [3.05, 3.63) is 34.6 Å². The summed E-state index contributed by atoms with van der Waals surface area (Å²) in [5.41, 5.74) is 1.84. The Labute approximate surface area is 96.5 Å². The van der Waals surface area contributed by atoms with E-state index in [2.05, 4.69) is 5.10 Å². The van der Waals surface area contributed by atoms with Crippen molar-refractivity contribution in [2.45, 2.75) is 18.8 Å². The molecule has 0 saturated heterocycles. The average Bonchev–Trinajstić information content (AvgIpc) is 3.02. The number of fused-ring (bicyclic) bond motifs is 1. The van der Waals surface area contributed by atoms with Gasteiger partial charge in [0.15, 0.2) is 0 Å². The molecule has 0 radical (unpaired) electrons. The van der Waals surface area contributed by atoms with E-state index in [0.717, 1.165) is 23.9 Å². The maximum Gasteiger partial charge on any atom is 0.337 e. The lowest BCUT2D eigenvalue weighted by atomic mass is 10.1. The molecule has 1 aliphatic carbocycles. The van der Waals surface area contributed by atoms with Crippen molar-refractivity contribution in [1.29, 1.82) is 0 Å². The third-order valence-electron chi connectivity index (χ3n) is 2.89. The molecular formula is C11H9ClN2O2. The Balaban J connectivity index is 2.38. The first-order chi connectivity index (χ1) is 7.68. The first kappa shape index (κ1) is 9.66. The minimum atomic E-state index is -0.936. The highest BCUT2D eigenvalue weighted by molar-refractivity contribution is 6.34. The van der Waals surface area contributed by atoms with Gasteiger partial charge in [-0.25, -0.2) is 9.31 Å². The highest BCUT2D eigenvalue weighted by Crippen LogP contribution is 2.44. The van der Waals surface area contributed by atoms with E-state index in [0.29, 0.717) is 10.9 Å². The van der Waals surface area contributed by atoms with Gasteiger partial charge in [0.05, 0.1) is 22.3 Å². The van der Waals surface area contributed by atoms with E-state index in [1.165, 1.54) is 6.20 Å². The lowest BCUT2D eigenvalue weighted by Gasteiger charge is -2.07. The molecule has 1 N–H and O–H groups in total. The van der Waals surface area contributed by atoms with Gasteiger partial charge in [0.1, 0.15) is 0 Å². The van der Waals surface area contributed by atoms with Crippen LogP contribution in [0.2, 0.25) is 5.02 Å². The van der Waals surface area contributed by atoms with E-state index < -0.39 is 5.97 Å². The molecule has 1 fully saturated rings. The fourth-order valence-corrected chi connectivity index (χ4v) is 2.26. The maximum absolute atomic E-state index is 11.1. The highest BCUT2D eigenvalue weighted by Gasteiger charge is 2.31. The largest absolute Gasteiger partial charge is 0.478 e. The molecule has 16 heavy (non-hydrogen) atoms. The Bertz CT molecular complexity index is 587.